The van der Waals surface area contributed by atoms with Gasteiger partial charge in [-0.25, -0.2) is 0 Å². The van der Waals surface area contributed by atoms with Gasteiger partial charge in [0.1, 0.15) is 5.69 Å². The Morgan fingerprint density at radius 2 is 2.21 bits per heavy atom. The molecule has 0 aliphatic carbocycles. The summed E-state index contributed by atoms with van der Waals surface area (Å²) >= 11 is 0. The maximum atomic E-state index is 12.4. The average Bonchev–Trinajstić information content (AvgIpc) is 2.92. The van der Waals surface area contributed by atoms with Crippen LogP contribution in [0.4, 0.5) is 0 Å². The largest absolute Gasteiger partial charge is 0.396 e. The number of piperidine rings is 1. The van der Waals surface area contributed by atoms with Crippen molar-refractivity contribution in [2.24, 2.45) is 5.92 Å². The van der Waals surface area contributed by atoms with Crippen LogP contribution >= 0.6 is 0 Å². The number of hydrogen-bond donors (Lipinski definition) is 1. The van der Waals surface area contributed by atoms with Gasteiger partial charge in [0.2, 0.25) is 0 Å². The Balaban J connectivity index is 1.98. The van der Waals surface area contributed by atoms with Crippen molar-refractivity contribution < 1.29 is 14.6 Å². The predicted octanol–water partition coefficient (Wildman–Crippen LogP) is 0.979. The summed E-state index contributed by atoms with van der Waals surface area (Å²) in [6, 6.07) is 3.75. The van der Waals surface area contributed by atoms with Gasteiger partial charge in [-0.3, -0.25) is 4.79 Å². The van der Waals surface area contributed by atoms with Gasteiger partial charge in [0.25, 0.3) is 5.91 Å². The van der Waals surface area contributed by atoms with Crippen LogP contribution in [0.2, 0.25) is 0 Å². The Morgan fingerprint density at radius 1 is 1.47 bits per heavy atom. The van der Waals surface area contributed by atoms with E-state index in [1.165, 1.54) is 0 Å². The van der Waals surface area contributed by atoms with Gasteiger partial charge < -0.3 is 19.3 Å². The van der Waals surface area contributed by atoms with Crippen LogP contribution in [0, 0.1) is 5.92 Å². The highest BCUT2D eigenvalue weighted by Gasteiger charge is 2.24. The summed E-state index contributed by atoms with van der Waals surface area (Å²) in [5.41, 5.74) is 0.722. The molecule has 0 atom stereocenters. The third-order valence-corrected chi connectivity index (χ3v) is 3.74. The molecule has 1 amide bonds. The Bertz CT molecular complexity index is 409. The lowest BCUT2D eigenvalue weighted by molar-refractivity contribution is 0.0638. The first-order valence-corrected chi connectivity index (χ1v) is 6.80. The lowest BCUT2D eigenvalue weighted by Gasteiger charge is -2.31. The third-order valence-electron chi connectivity index (χ3n) is 3.74. The van der Waals surface area contributed by atoms with Crippen LogP contribution in [0.3, 0.4) is 0 Å². The zero-order chi connectivity index (χ0) is 13.7. The quantitative estimate of drug-likeness (QED) is 0.864. The Hall–Kier alpha value is -1.33. The molecule has 1 fully saturated rings. The molecule has 2 heterocycles. The number of methoxy groups -OCH3 is 1. The molecule has 106 valence electrons. The molecule has 1 aromatic rings. The van der Waals surface area contributed by atoms with E-state index in [0.717, 1.165) is 31.6 Å². The zero-order valence-electron chi connectivity index (χ0n) is 11.4. The van der Waals surface area contributed by atoms with E-state index in [1.54, 1.807) is 7.11 Å². The number of aromatic nitrogens is 1. The van der Waals surface area contributed by atoms with E-state index in [4.69, 9.17) is 9.84 Å². The van der Waals surface area contributed by atoms with Crippen LogP contribution in [0.15, 0.2) is 18.3 Å². The van der Waals surface area contributed by atoms with E-state index in [0.29, 0.717) is 19.1 Å². The predicted molar refractivity (Wildman–Crippen MR) is 72.0 cm³/mol. The van der Waals surface area contributed by atoms with Crippen LogP contribution in [-0.4, -0.2) is 53.9 Å². The molecule has 0 bridgehead atoms. The lowest BCUT2D eigenvalue weighted by Crippen LogP contribution is -2.40. The number of likely N-dealkylation sites (tertiary alicyclic amines) is 1. The van der Waals surface area contributed by atoms with E-state index < -0.39 is 0 Å². The molecule has 1 aliphatic rings. The molecule has 1 aromatic heterocycles. The second-order valence-corrected chi connectivity index (χ2v) is 5.00. The molecule has 0 radical (unpaired) electrons. The molecule has 2 rings (SSSR count). The van der Waals surface area contributed by atoms with E-state index in [1.807, 2.05) is 27.8 Å². The molecule has 0 spiro atoms. The van der Waals surface area contributed by atoms with E-state index in [2.05, 4.69) is 0 Å². The van der Waals surface area contributed by atoms with E-state index in [9.17, 15) is 4.79 Å². The van der Waals surface area contributed by atoms with Crippen molar-refractivity contribution in [1.29, 1.82) is 0 Å². The zero-order valence-corrected chi connectivity index (χ0v) is 11.4. The van der Waals surface area contributed by atoms with Crippen molar-refractivity contribution in [3.05, 3.63) is 24.0 Å². The Morgan fingerprint density at radius 3 is 2.84 bits per heavy atom. The molecule has 0 saturated carbocycles. The van der Waals surface area contributed by atoms with Crippen molar-refractivity contribution in [2.75, 3.05) is 33.4 Å². The van der Waals surface area contributed by atoms with Gasteiger partial charge in [0, 0.05) is 39.5 Å². The van der Waals surface area contributed by atoms with Crippen molar-refractivity contribution in [3.63, 3.8) is 0 Å². The summed E-state index contributed by atoms with van der Waals surface area (Å²) in [6.07, 6.45) is 3.69. The molecule has 19 heavy (non-hydrogen) atoms. The molecule has 0 aromatic carbocycles. The number of aliphatic hydroxyl groups excluding tert-OH is 1. The van der Waals surface area contributed by atoms with Gasteiger partial charge in [-0.2, -0.15) is 0 Å². The second-order valence-electron chi connectivity index (χ2n) is 5.00. The summed E-state index contributed by atoms with van der Waals surface area (Å²) in [4.78, 5) is 14.3. The number of hydrogen-bond acceptors (Lipinski definition) is 3. The number of aliphatic hydroxyl groups is 1. The van der Waals surface area contributed by atoms with E-state index in [-0.39, 0.29) is 12.5 Å². The summed E-state index contributed by atoms with van der Waals surface area (Å²) in [6.45, 7) is 2.99. The monoisotopic (exact) mass is 266 g/mol. The molecule has 1 N–H and O–H groups in total. The molecule has 5 nitrogen and oxygen atoms in total. The minimum Gasteiger partial charge on any atom is -0.396 e. The first-order valence-electron chi connectivity index (χ1n) is 6.80. The molecule has 5 heteroatoms. The second kappa shape index (κ2) is 6.73. The van der Waals surface area contributed by atoms with E-state index >= 15 is 0 Å². The highest BCUT2D eigenvalue weighted by Crippen LogP contribution is 2.18. The van der Waals surface area contributed by atoms with Gasteiger partial charge in [0.05, 0.1) is 6.61 Å². The van der Waals surface area contributed by atoms with Gasteiger partial charge in [-0.05, 0) is 30.9 Å². The van der Waals surface area contributed by atoms with Crippen LogP contribution < -0.4 is 0 Å². The number of ether oxygens (including phenoxy) is 1. The first kappa shape index (κ1) is 14.1. The lowest BCUT2D eigenvalue weighted by atomic mass is 9.98. The first-order chi connectivity index (χ1) is 9.26. The van der Waals surface area contributed by atoms with Gasteiger partial charge >= 0.3 is 0 Å². The fraction of sp³-hybridized carbons (Fsp3) is 0.643. The number of carbonyl (C=O) groups is 1. The van der Waals surface area contributed by atoms with Crippen LogP contribution in [0.5, 0.6) is 0 Å². The third kappa shape index (κ3) is 3.36. The average molecular weight is 266 g/mol. The standard InChI is InChI=1S/C14H22N2O3/c1-19-10-9-15-6-2-3-13(15)14(18)16-7-4-12(11-17)5-8-16/h2-3,6,12,17H,4-5,7-11H2,1H3. The fourth-order valence-corrected chi connectivity index (χ4v) is 2.47. The van der Waals surface area contributed by atoms with Crippen LogP contribution in [-0.2, 0) is 11.3 Å². The molecular weight excluding hydrogens is 244 g/mol. The van der Waals surface area contributed by atoms with Crippen molar-refractivity contribution in [2.45, 2.75) is 19.4 Å². The molecular formula is C14H22N2O3. The smallest absolute Gasteiger partial charge is 0.270 e. The number of carbonyl (C=O) groups excluding carboxylic acids is 1. The van der Waals surface area contributed by atoms with Crippen molar-refractivity contribution >= 4 is 5.91 Å². The number of amides is 1. The molecule has 1 saturated heterocycles. The topological polar surface area (TPSA) is 54.7 Å². The van der Waals surface area contributed by atoms with Gasteiger partial charge in [-0.1, -0.05) is 0 Å². The normalized spacial score (nSPS) is 16.8. The van der Waals surface area contributed by atoms with Gasteiger partial charge in [0.15, 0.2) is 0 Å². The maximum absolute atomic E-state index is 12.4. The SMILES string of the molecule is COCCn1cccc1C(=O)N1CCC(CO)CC1. The Labute approximate surface area is 113 Å². The number of nitrogens with zero attached hydrogens (tertiary/aromatic N) is 2. The summed E-state index contributed by atoms with van der Waals surface area (Å²) in [5, 5.41) is 9.12. The minimum absolute atomic E-state index is 0.0810. The summed E-state index contributed by atoms with van der Waals surface area (Å²) < 4.78 is 6.98. The summed E-state index contributed by atoms with van der Waals surface area (Å²) in [7, 11) is 1.66. The Kier molecular flexibility index (Phi) is 4.99. The minimum atomic E-state index is 0.0810. The van der Waals surface area contributed by atoms with Crippen LogP contribution in [0.25, 0.3) is 0 Å². The highest BCUT2D eigenvalue weighted by molar-refractivity contribution is 5.92. The van der Waals surface area contributed by atoms with Crippen molar-refractivity contribution in [3.8, 4) is 0 Å². The molecule has 0 unspecified atom stereocenters. The van der Waals surface area contributed by atoms with Crippen LogP contribution in [0.1, 0.15) is 23.3 Å². The summed E-state index contributed by atoms with van der Waals surface area (Å²) in [5.74, 6) is 0.432. The maximum Gasteiger partial charge on any atom is 0.270 e. The number of rotatable bonds is 5. The highest BCUT2D eigenvalue weighted by atomic mass is 16.5. The fourth-order valence-electron chi connectivity index (χ4n) is 2.47. The van der Waals surface area contributed by atoms with Crippen molar-refractivity contribution in [1.82, 2.24) is 9.47 Å². The molecule has 1 aliphatic heterocycles. The van der Waals surface area contributed by atoms with Gasteiger partial charge in [-0.15, -0.1) is 0 Å².